The Hall–Kier alpha value is -2.45. The molecular formula is C20H23N5O2S. The molecule has 2 aromatic rings. The SMILES string of the molecule is O=C(c1ccc2c(c1)CCN2)N1CC(N2CCN(C(=O)c3nccs3)CC2)C1. The Bertz CT molecular complexity index is 886. The van der Waals surface area contributed by atoms with Crippen molar-refractivity contribution in [3.63, 3.8) is 0 Å². The van der Waals surface area contributed by atoms with Crippen LogP contribution < -0.4 is 5.32 Å². The van der Waals surface area contributed by atoms with E-state index in [9.17, 15) is 9.59 Å². The van der Waals surface area contributed by atoms with E-state index in [1.54, 1.807) is 6.20 Å². The van der Waals surface area contributed by atoms with Crippen LogP contribution >= 0.6 is 11.3 Å². The smallest absolute Gasteiger partial charge is 0.282 e. The average molecular weight is 398 g/mol. The second-order valence-corrected chi connectivity index (χ2v) is 8.47. The summed E-state index contributed by atoms with van der Waals surface area (Å²) in [6.07, 6.45) is 2.66. The number of hydrogen-bond acceptors (Lipinski definition) is 6. The lowest BCUT2D eigenvalue weighted by molar-refractivity contribution is 0.00853. The highest BCUT2D eigenvalue weighted by Crippen LogP contribution is 2.25. The number of aromatic nitrogens is 1. The molecule has 0 atom stereocenters. The normalized spacial score (nSPS) is 19.9. The summed E-state index contributed by atoms with van der Waals surface area (Å²) in [5.74, 6) is 0.162. The van der Waals surface area contributed by atoms with Gasteiger partial charge in [-0.15, -0.1) is 11.3 Å². The quantitative estimate of drug-likeness (QED) is 0.848. The Kier molecular flexibility index (Phi) is 4.52. The summed E-state index contributed by atoms with van der Waals surface area (Å²) in [5, 5.41) is 5.73. The first kappa shape index (κ1) is 17.6. The molecule has 146 valence electrons. The number of anilines is 1. The molecule has 2 fully saturated rings. The summed E-state index contributed by atoms with van der Waals surface area (Å²) in [4.78, 5) is 35.5. The maximum atomic E-state index is 12.8. The van der Waals surface area contributed by atoms with Crippen molar-refractivity contribution in [2.45, 2.75) is 12.5 Å². The molecule has 2 amide bonds. The first-order chi connectivity index (χ1) is 13.7. The minimum absolute atomic E-state index is 0.0335. The summed E-state index contributed by atoms with van der Waals surface area (Å²) in [6, 6.07) is 6.38. The van der Waals surface area contributed by atoms with Gasteiger partial charge in [-0.25, -0.2) is 4.98 Å². The lowest BCUT2D eigenvalue weighted by Crippen LogP contribution is -2.64. The third-order valence-electron chi connectivity index (χ3n) is 5.94. The number of rotatable bonds is 3. The highest BCUT2D eigenvalue weighted by Gasteiger charge is 2.37. The first-order valence-corrected chi connectivity index (χ1v) is 10.7. The van der Waals surface area contributed by atoms with Gasteiger partial charge in [0.15, 0.2) is 5.01 Å². The maximum absolute atomic E-state index is 12.8. The standard InChI is InChI=1S/C20H23N5O2S/c26-19(15-1-2-17-14(11-15)3-4-21-17)25-12-16(13-25)23-6-8-24(9-7-23)20(27)18-22-5-10-28-18/h1-2,5,10-11,16,21H,3-4,6-9,12-13H2. The fourth-order valence-electron chi connectivity index (χ4n) is 4.23. The number of benzene rings is 1. The number of amides is 2. The van der Waals surface area contributed by atoms with Crippen molar-refractivity contribution in [3.05, 3.63) is 45.9 Å². The van der Waals surface area contributed by atoms with Crippen molar-refractivity contribution in [1.82, 2.24) is 19.7 Å². The third kappa shape index (κ3) is 3.16. The number of nitrogens with one attached hydrogen (secondary N) is 1. The molecule has 2 saturated heterocycles. The lowest BCUT2D eigenvalue weighted by atomic mass is 10.0. The fraction of sp³-hybridized carbons (Fsp3) is 0.450. The van der Waals surface area contributed by atoms with Crippen LogP contribution in [-0.2, 0) is 6.42 Å². The number of fused-ring (bicyclic) bond motifs is 1. The summed E-state index contributed by atoms with van der Waals surface area (Å²) in [7, 11) is 0. The predicted octanol–water partition coefficient (Wildman–Crippen LogP) is 1.39. The van der Waals surface area contributed by atoms with Crippen LogP contribution in [-0.4, -0.2) is 83.4 Å². The Morgan fingerprint density at radius 2 is 1.89 bits per heavy atom. The average Bonchev–Trinajstić information content (AvgIpc) is 3.38. The van der Waals surface area contributed by atoms with Gasteiger partial charge in [0.25, 0.3) is 11.8 Å². The number of thiazole rings is 1. The highest BCUT2D eigenvalue weighted by atomic mass is 32.1. The molecule has 0 spiro atoms. The van der Waals surface area contributed by atoms with Gasteiger partial charge < -0.3 is 15.1 Å². The molecule has 28 heavy (non-hydrogen) atoms. The van der Waals surface area contributed by atoms with Gasteiger partial charge in [-0.1, -0.05) is 0 Å². The van der Waals surface area contributed by atoms with E-state index < -0.39 is 0 Å². The van der Waals surface area contributed by atoms with Gasteiger partial charge in [-0.2, -0.15) is 0 Å². The topological polar surface area (TPSA) is 68.8 Å². The Balaban J connectivity index is 1.13. The van der Waals surface area contributed by atoms with Crippen molar-refractivity contribution in [2.75, 3.05) is 51.1 Å². The minimum Gasteiger partial charge on any atom is -0.384 e. The summed E-state index contributed by atoms with van der Waals surface area (Å²) in [6.45, 7) is 5.66. The van der Waals surface area contributed by atoms with Gasteiger partial charge in [-0.3, -0.25) is 14.5 Å². The predicted molar refractivity (Wildman–Crippen MR) is 108 cm³/mol. The largest absolute Gasteiger partial charge is 0.384 e. The number of carbonyl (C=O) groups is 2. The number of carbonyl (C=O) groups excluding carboxylic acids is 2. The molecule has 0 unspecified atom stereocenters. The zero-order chi connectivity index (χ0) is 19.1. The Morgan fingerprint density at radius 1 is 1.07 bits per heavy atom. The molecule has 1 aromatic heterocycles. The van der Waals surface area contributed by atoms with E-state index in [-0.39, 0.29) is 11.8 Å². The minimum atomic E-state index is 0.0335. The van der Waals surface area contributed by atoms with Crippen LogP contribution in [0.1, 0.15) is 25.7 Å². The van der Waals surface area contributed by atoms with Gasteiger partial charge in [0.05, 0.1) is 0 Å². The van der Waals surface area contributed by atoms with Gasteiger partial charge in [0, 0.05) is 74.7 Å². The molecule has 0 bridgehead atoms. The van der Waals surface area contributed by atoms with Crippen LogP contribution in [0.3, 0.4) is 0 Å². The maximum Gasteiger partial charge on any atom is 0.282 e. The zero-order valence-corrected chi connectivity index (χ0v) is 16.5. The number of likely N-dealkylation sites (tertiary alicyclic amines) is 1. The molecule has 0 aliphatic carbocycles. The van der Waals surface area contributed by atoms with Gasteiger partial charge in [-0.05, 0) is 30.2 Å². The van der Waals surface area contributed by atoms with E-state index in [1.807, 2.05) is 33.4 Å². The molecule has 8 heteroatoms. The van der Waals surface area contributed by atoms with Crippen LogP contribution in [0.15, 0.2) is 29.8 Å². The monoisotopic (exact) mass is 397 g/mol. The zero-order valence-electron chi connectivity index (χ0n) is 15.6. The van der Waals surface area contributed by atoms with Crippen LogP contribution in [0, 0.1) is 0 Å². The molecule has 1 aromatic carbocycles. The Labute approximate surface area is 167 Å². The molecule has 4 heterocycles. The van der Waals surface area contributed by atoms with E-state index in [2.05, 4.69) is 15.2 Å². The molecule has 1 N–H and O–H groups in total. The van der Waals surface area contributed by atoms with E-state index in [1.165, 1.54) is 16.9 Å². The summed E-state index contributed by atoms with van der Waals surface area (Å²) in [5.41, 5.74) is 3.19. The van der Waals surface area contributed by atoms with Crippen molar-refractivity contribution < 1.29 is 9.59 Å². The molecule has 0 radical (unpaired) electrons. The van der Waals surface area contributed by atoms with E-state index >= 15 is 0 Å². The highest BCUT2D eigenvalue weighted by molar-refractivity contribution is 7.11. The summed E-state index contributed by atoms with van der Waals surface area (Å²) < 4.78 is 0. The van der Waals surface area contributed by atoms with E-state index in [0.29, 0.717) is 11.0 Å². The molecule has 3 aliphatic heterocycles. The van der Waals surface area contributed by atoms with E-state index in [4.69, 9.17) is 0 Å². The van der Waals surface area contributed by atoms with Gasteiger partial charge in [0.1, 0.15) is 0 Å². The molecular weight excluding hydrogens is 374 g/mol. The van der Waals surface area contributed by atoms with Crippen molar-refractivity contribution in [1.29, 1.82) is 0 Å². The van der Waals surface area contributed by atoms with E-state index in [0.717, 1.165) is 63.5 Å². The number of piperazine rings is 1. The van der Waals surface area contributed by atoms with Crippen LogP contribution in [0.2, 0.25) is 0 Å². The van der Waals surface area contributed by atoms with Crippen LogP contribution in [0.5, 0.6) is 0 Å². The molecule has 5 rings (SSSR count). The second kappa shape index (κ2) is 7.18. The third-order valence-corrected chi connectivity index (χ3v) is 6.71. The first-order valence-electron chi connectivity index (χ1n) is 9.78. The summed E-state index contributed by atoms with van der Waals surface area (Å²) >= 11 is 1.39. The fourth-order valence-corrected chi connectivity index (χ4v) is 4.83. The van der Waals surface area contributed by atoms with Crippen LogP contribution in [0.25, 0.3) is 0 Å². The second-order valence-electron chi connectivity index (χ2n) is 7.58. The number of nitrogens with zero attached hydrogens (tertiary/aromatic N) is 4. The molecule has 3 aliphatic rings. The van der Waals surface area contributed by atoms with Crippen molar-refractivity contribution in [3.8, 4) is 0 Å². The van der Waals surface area contributed by atoms with Crippen molar-refractivity contribution >= 4 is 28.8 Å². The molecule has 7 nitrogen and oxygen atoms in total. The van der Waals surface area contributed by atoms with Crippen LogP contribution in [0.4, 0.5) is 5.69 Å². The van der Waals surface area contributed by atoms with Gasteiger partial charge >= 0.3 is 0 Å². The van der Waals surface area contributed by atoms with Gasteiger partial charge in [0.2, 0.25) is 0 Å². The lowest BCUT2D eigenvalue weighted by Gasteiger charge is -2.48. The van der Waals surface area contributed by atoms with Crippen molar-refractivity contribution in [2.24, 2.45) is 0 Å². The molecule has 0 saturated carbocycles. The Morgan fingerprint density at radius 3 is 2.64 bits per heavy atom. The number of hydrogen-bond donors (Lipinski definition) is 1.